The van der Waals surface area contributed by atoms with Crippen molar-refractivity contribution in [3.05, 3.63) is 52.5 Å². The fourth-order valence-corrected chi connectivity index (χ4v) is 3.01. The van der Waals surface area contributed by atoms with Crippen molar-refractivity contribution in [3.63, 3.8) is 0 Å². The minimum absolute atomic E-state index is 0.0497. The summed E-state index contributed by atoms with van der Waals surface area (Å²) in [6.07, 6.45) is 0. The van der Waals surface area contributed by atoms with Crippen LogP contribution < -0.4 is 4.74 Å². The van der Waals surface area contributed by atoms with Gasteiger partial charge in [0.25, 0.3) is 0 Å². The first-order chi connectivity index (χ1) is 8.72. The highest BCUT2D eigenvalue weighted by molar-refractivity contribution is 9.10. The van der Waals surface area contributed by atoms with Crippen LogP contribution in [-0.4, -0.2) is 12.2 Å². The largest absolute Gasteiger partial charge is 0.497 e. The van der Waals surface area contributed by atoms with Gasteiger partial charge in [-0.15, -0.1) is 0 Å². The normalized spacial score (nSPS) is 10.4. The SMILES string of the molecule is COc1ccc(Sc2ccc(CO)c(Br)c2)cc1. The molecule has 0 heterocycles. The van der Waals surface area contributed by atoms with Gasteiger partial charge in [-0.2, -0.15) is 0 Å². The van der Waals surface area contributed by atoms with Crippen molar-refractivity contribution in [2.75, 3.05) is 7.11 Å². The number of aliphatic hydroxyl groups excluding tert-OH is 1. The van der Waals surface area contributed by atoms with Gasteiger partial charge in [-0.1, -0.05) is 33.8 Å². The molecule has 0 spiro atoms. The number of hydrogen-bond donors (Lipinski definition) is 1. The van der Waals surface area contributed by atoms with Gasteiger partial charge in [0.05, 0.1) is 13.7 Å². The fourth-order valence-electron chi connectivity index (χ4n) is 1.50. The predicted molar refractivity (Wildman–Crippen MR) is 77.2 cm³/mol. The molecule has 4 heteroatoms. The van der Waals surface area contributed by atoms with Gasteiger partial charge < -0.3 is 9.84 Å². The Morgan fingerprint density at radius 3 is 2.33 bits per heavy atom. The summed E-state index contributed by atoms with van der Waals surface area (Å²) in [5, 5.41) is 9.11. The third kappa shape index (κ3) is 3.28. The molecular weight excluding hydrogens is 312 g/mol. The van der Waals surface area contributed by atoms with Crippen LogP contribution in [0.15, 0.2) is 56.7 Å². The van der Waals surface area contributed by atoms with E-state index in [2.05, 4.69) is 15.9 Å². The Labute approximate surface area is 119 Å². The van der Waals surface area contributed by atoms with Gasteiger partial charge in [-0.05, 0) is 42.0 Å². The molecule has 1 N–H and O–H groups in total. The Hall–Kier alpha value is -0.970. The van der Waals surface area contributed by atoms with Crippen molar-refractivity contribution in [1.82, 2.24) is 0 Å². The van der Waals surface area contributed by atoms with Crippen molar-refractivity contribution in [3.8, 4) is 5.75 Å². The van der Waals surface area contributed by atoms with Crippen LogP contribution >= 0.6 is 27.7 Å². The van der Waals surface area contributed by atoms with E-state index in [4.69, 9.17) is 9.84 Å². The van der Waals surface area contributed by atoms with Gasteiger partial charge in [0.15, 0.2) is 0 Å². The van der Waals surface area contributed by atoms with Crippen LogP contribution in [-0.2, 0) is 6.61 Å². The van der Waals surface area contributed by atoms with Gasteiger partial charge in [0.2, 0.25) is 0 Å². The van der Waals surface area contributed by atoms with E-state index in [0.29, 0.717) is 0 Å². The van der Waals surface area contributed by atoms with Gasteiger partial charge in [0, 0.05) is 14.3 Å². The predicted octanol–water partition coefficient (Wildman–Crippen LogP) is 4.10. The molecule has 2 nitrogen and oxygen atoms in total. The zero-order valence-electron chi connectivity index (χ0n) is 9.89. The molecule has 0 aliphatic heterocycles. The van der Waals surface area contributed by atoms with E-state index in [1.54, 1.807) is 18.9 Å². The van der Waals surface area contributed by atoms with Crippen LogP contribution in [0.4, 0.5) is 0 Å². The van der Waals surface area contributed by atoms with Gasteiger partial charge in [-0.3, -0.25) is 0 Å². The van der Waals surface area contributed by atoms with Crippen LogP contribution in [0, 0.1) is 0 Å². The van der Waals surface area contributed by atoms with Crippen molar-refractivity contribution >= 4 is 27.7 Å². The Balaban J connectivity index is 2.15. The number of aliphatic hydroxyl groups is 1. The number of ether oxygens (including phenoxy) is 1. The maximum atomic E-state index is 9.11. The average Bonchev–Trinajstić information content (AvgIpc) is 2.40. The highest BCUT2D eigenvalue weighted by Gasteiger charge is 2.02. The summed E-state index contributed by atoms with van der Waals surface area (Å²) in [5.41, 5.74) is 0.897. The summed E-state index contributed by atoms with van der Waals surface area (Å²) in [4.78, 5) is 2.28. The fraction of sp³-hybridized carbons (Fsp3) is 0.143. The number of methoxy groups -OCH3 is 1. The van der Waals surface area contributed by atoms with Crippen molar-refractivity contribution < 1.29 is 9.84 Å². The van der Waals surface area contributed by atoms with E-state index in [9.17, 15) is 0 Å². The lowest BCUT2D eigenvalue weighted by Gasteiger charge is -2.06. The molecule has 0 atom stereocenters. The molecule has 0 aromatic heterocycles. The molecule has 0 fully saturated rings. The second-order valence-electron chi connectivity index (χ2n) is 3.69. The molecule has 0 unspecified atom stereocenters. The minimum Gasteiger partial charge on any atom is -0.497 e. The lowest BCUT2D eigenvalue weighted by molar-refractivity contribution is 0.281. The number of hydrogen-bond acceptors (Lipinski definition) is 3. The molecule has 0 bridgehead atoms. The first kappa shape index (κ1) is 13.5. The third-order valence-corrected chi connectivity index (χ3v) is 4.23. The monoisotopic (exact) mass is 324 g/mol. The lowest BCUT2D eigenvalue weighted by Crippen LogP contribution is -1.85. The van der Waals surface area contributed by atoms with Crippen molar-refractivity contribution in [2.45, 2.75) is 16.4 Å². The molecule has 0 radical (unpaired) electrons. The number of benzene rings is 2. The smallest absolute Gasteiger partial charge is 0.118 e. The quantitative estimate of drug-likeness (QED) is 0.918. The first-order valence-corrected chi connectivity index (χ1v) is 7.05. The molecule has 0 amide bonds. The van der Waals surface area contributed by atoms with Gasteiger partial charge in [0.1, 0.15) is 5.75 Å². The Morgan fingerprint density at radius 1 is 1.11 bits per heavy atom. The topological polar surface area (TPSA) is 29.5 Å². The zero-order chi connectivity index (χ0) is 13.0. The summed E-state index contributed by atoms with van der Waals surface area (Å²) < 4.78 is 6.06. The molecule has 0 aliphatic rings. The highest BCUT2D eigenvalue weighted by atomic mass is 79.9. The van der Waals surface area contributed by atoms with Gasteiger partial charge in [-0.25, -0.2) is 0 Å². The molecule has 18 heavy (non-hydrogen) atoms. The maximum absolute atomic E-state index is 9.11. The molecule has 0 saturated heterocycles. The molecule has 2 aromatic carbocycles. The van der Waals surface area contributed by atoms with E-state index < -0.39 is 0 Å². The highest BCUT2D eigenvalue weighted by Crippen LogP contribution is 2.31. The van der Waals surface area contributed by atoms with Gasteiger partial charge >= 0.3 is 0 Å². The summed E-state index contributed by atoms with van der Waals surface area (Å²) in [6, 6.07) is 13.9. The van der Waals surface area contributed by atoms with Crippen LogP contribution in [0.1, 0.15) is 5.56 Å². The zero-order valence-corrected chi connectivity index (χ0v) is 12.3. The summed E-state index contributed by atoms with van der Waals surface area (Å²) in [5.74, 6) is 0.858. The molecule has 0 aliphatic carbocycles. The standard InChI is InChI=1S/C14H13BrO2S/c1-17-11-3-6-12(7-4-11)18-13-5-2-10(9-16)14(15)8-13/h2-8,16H,9H2,1H3. The van der Waals surface area contributed by atoms with E-state index in [-0.39, 0.29) is 6.61 Å². The summed E-state index contributed by atoms with van der Waals surface area (Å²) in [6.45, 7) is 0.0497. The minimum atomic E-state index is 0.0497. The number of halogens is 1. The Bertz CT molecular complexity index is 526. The second-order valence-corrected chi connectivity index (χ2v) is 5.69. The van der Waals surface area contributed by atoms with Crippen LogP contribution in [0.25, 0.3) is 0 Å². The lowest BCUT2D eigenvalue weighted by atomic mass is 10.2. The van der Waals surface area contributed by atoms with E-state index >= 15 is 0 Å². The second kappa shape index (κ2) is 6.27. The average molecular weight is 325 g/mol. The first-order valence-electron chi connectivity index (χ1n) is 5.44. The van der Waals surface area contributed by atoms with Crippen LogP contribution in [0.2, 0.25) is 0 Å². The molecule has 2 rings (SSSR count). The molecule has 2 aromatic rings. The number of rotatable bonds is 4. The maximum Gasteiger partial charge on any atom is 0.118 e. The molecular formula is C14H13BrO2S. The third-order valence-electron chi connectivity index (χ3n) is 2.49. The van der Waals surface area contributed by atoms with E-state index in [0.717, 1.165) is 25.6 Å². The Morgan fingerprint density at radius 2 is 1.78 bits per heavy atom. The van der Waals surface area contributed by atoms with Crippen molar-refractivity contribution in [2.24, 2.45) is 0 Å². The van der Waals surface area contributed by atoms with Crippen LogP contribution in [0.3, 0.4) is 0 Å². The van der Waals surface area contributed by atoms with Crippen molar-refractivity contribution in [1.29, 1.82) is 0 Å². The van der Waals surface area contributed by atoms with E-state index in [1.807, 2.05) is 42.5 Å². The summed E-state index contributed by atoms with van der Waals surface area (Å²) in [7, 11) is 1.66. The molecule has 94 valence electrons. The van der Waals surface area contributed by atoms with E-state index in [1.165, 1.54) is 0 Å². The van der Waals surface area contributed by atoms with Crippen LogP contribution in [0.5, 0.6) is 5.75 Å². The molecule has 0 saturated carbocycles. The summed E-state index contributed by atoms with van der Waals surface area (Å²) >= 11 is 5.12. The Kier molecular flexibility index (Phi) is 4.69.